The van der Waals surface area contributed by atoms with Gasteiger partial charge in [0.1, 0.15) is 5.75 Å². The molecule has 10 nitrogen and oxygen atoms in total. The molecule has 2 aliphatic heterocycles. The largest absolute Gasteiger partial charge is 0.476 e. The van der Waals surface area contributed by atoms with E-state index in [1.54, 1.807) is 13.8 Å². The Hall–Kier alpha value is -3.51. The molecular formula is C27H35F3N4O6. The van der Waals surface area contributed by atoms with Crippen LogP contribution in [0.3, 0.4) is 0 Å². The van der Waals surface area contributed by atoms with Gasteiger partial charge in [0.2, 0.25) is 5.91 Å². The molecule has 2 heterocycles. The number of amides is 4. The number of carbonyl (C=O) groups excluding carboxylic acids is 3. The van der Waals surface area contributed by atoms with E-state index in [0.717, 1.165) is 29.9 Å². The van der Waals surface area contributed by atoms with Crippen LogP contribution in [0, 0.1) is 0 Å². The second kappa shape index (κ2) is 10.8. The predicted octanol–water partition coefficient (Wildman–Crippen LogP) is 3.87. The number of carboxylic acid groups (broad SMARTS) is 1. The van der Waals surface area contributed by atoms with Crippen molar-refractivity contribution in [3.05, 3.63) is 23.3 Å². The van der Waals surface area contributed by atoms with Gasteiger partial charge in [-0.25, -0.2) is 4.79 Å². The van der Waals surface area contributed by atoms with E-state index in [0.29, 0.717) is 12.8 Å². The first-order chi connectivity index (χ1) is 18.6. The van der Waals surface area contributed by atoms with Crippen LogP contribution in [-0.4, -0.2) is 82.1 Å². The fourth-order valence-corrected chi connectivity index (χ4v) is 5.30. The number of ether oxygens (including phenoxy) is 1. The van der Waals surface area contributed by atoms with Crippen molar-refractivity contribution in [1.29, 1.82) is 0 Å². The van der Waals surface area contributed by atoms with E-state index < -0.39 is 52.9 Å². The molecule has 3 aliphatic rings. The van der Waals surface area contributed by atoms with Crippen LogP contribution in [0.15, 0.2) is 12.1 Å². The molecule has 4 rings (SSSR count). The molecule has 2 N–H and O–H groups in total. The first-order valence-corrected chi connectivity index (χ1v) is 13.5. The number of fused-ring (bicyclic) bond motifs is 1. The summed E-state index contributed by atoms with van der Waals surface area (Å²) in [4.78, 5) is 54.7. The summed E-state index contributed by atoms with van der Waals surface area (Å²) >= 11 is 0. The van der Waals surface area contributed by atoms with Crippen LogP contribution in [0.25, 0.3) is 0 Å². The van der Waals surface area contributed by atoms with E-state index in [1.807, 2.05) is 0 Å². The van der Waals surface area contributed by atoms with Crippen LogP contribution < -0.4 is 15.0 Å². The lowest BCUT2D eigenvalue weighted by Gasteiger charge is -2.42. The highest BCUT2D eigenvalue weighted by Gasteiger charge is 2.45. The number of hydrogen-bond donors (Lipinski definition) is 2. The summed E-state index contributed by atoms with van der Waals surface area (Å²) in [6.07, 6.45) is -3.52. The van der Waals surface area contributed by atoms with Crippen LogP contribution in [0.5, 0.6) is 5.75 Å². The summed E-state index contributed by atoms with van der Waals surface area (Å²) in [5.74, 6) is -1.98. The maximum atomic E-state index is 14.4. The number of likely N-dealkylation sites (tertiary alicyclic amines) is 1. The van der Waals surface area contributed by atoms with Crippen molar-refractivity contribution in [3.63, 3.8) is 0 Å². The summed E-state index contributed by atoms with van der Waals surface area (Å²) in [6.45, 7) is 6.31. The maximum Gasteiger partial charge on any atom is 0.417 e. The van der Waals surface area contributed by atoms with Gasteiger partial charge in [0.15, 0.2) is 5.60 Å². The lowest BCUT2D eigenvalue weighted by Crippen LogP contribution is -2.54. The number of hydrogen-bond acceptors (Lipinski definition) is 5. The standard InChI is InChI=1S/C27H35F3N4O6/c1-15(2)34(17-6-5-10-32(14-17)25(38)39)23(36)18-12-20-21(13-19(18)27(28,29)30)40-26(3,4)24(37)33(20)11-9-22(35)31-16-7-8-16/h12-13,15-17H,5-11,14H2,1-4H3,(H,31,35)(H,38,39)/t17-/m1/s1. The van der Waals surface area contributed by atoms with Gasteiger partial charge < -0.3 is 29.9 Å². The van der Waals surface area contributed by atoms with Crippen LogP contribution >= 0.6 is 0 Å². The smallest absolute Gasteiger partial charge is 0.417 e. The highest BCUT2D eigenvalue weighted by molar-refractivity contribution is 6.05. The van der Waals surface area contributed by atoms with E-state index in [4.69, 9.17) is 4.74 Å². The highest BCUT2D eigenvalue weighted by Crippen LogP contribution is 2.44. The Kier molecular flexibility index (Phi) is 7.97. The van der Waals surface area contributed by atoms with Crippen molar-refractivity contribution in [2.24, 2.45) is 0 Å². The van der Waals surface area contributed by atoms with Gasteiger partial charge in [-0.1, -0.05) is 0 Å². The molecule has 1 aromatic rings. The first-order valence-electron chi connectivity index (χ1n) is 13.5. The fourth-order valence-electron chi connectivity index (χ4n) is 5.30. The second-order valence-corrected chi connectivity index (χ2v) is 11.4. The minimum absolute atomic E-state index is 0.0242. The number of rotatable bonds is 7. The third kappa shape index (κ3) is 6.12. The van der Waals surface area contributed by atoms with Crippen molar-refractivity contribution in [2.45, 2.75) is 89.7 Å². The second-order valence-electron chi connectivity index (χ2n) is 11.4. The Bertz CT molecular complexity index is 1200. The summed E-state index contributed by atoms with van der Waals surface area (Å²) in [5, 5.41) is 12.3. The van der Waals surface area contributed by atoms with E-state index in [2.05, 4.69) is 5.32 Å². The molecule has 1 saturated heterocycles. The van der Waals surface area contributed by atoms with E-state index >= 15 is 0 Å². The molecule has 40 heavy (non-hydrogen) atoms. The number of piperidine rings is 1. The van der Waals surface area contributed by atoms with Crippen LogP contribution in [-0.2, 0) is 15.8 Å². The molecule has 13 heteroatoms. The number of alkyl halides is 3. The van der Waals surface area contributed by atoms with E-state index in [-0.39, 0.29) is 49.4 Å². The number of nitrogens with zero attached hydrogens (tertiary/aromatic N) is 3. The van der Waals surface area contributed by atoms with Gasteiger partial charge in [-0.3, -0.25) is 14.4 Å². The number of carbonyl (C=O) groups is 4. The number of benzene rings is 1. The quantitative estimate of drug-likeness (QED) is 0.516. The van der Waals surface area contributed by atoms with Gasteiger partial charge in [-0.2, -0.15) is 13.2 Å². The summed E-state index contributed by atoms with van der Waals surface area (Å²) < 4.78 is 48.8. The molecule has 0 aromatic heterocycles. The molecule has 1 atom stereocenters. The fraction of sp³-hybridized carbons (Fsp3) is 0.630. The molecule has 1 saturated carbocycles. The Morgan fingerprint density at radius 3 is 2.45 bits per heavy atom. The van der Waals surface area contributed by atoms with E-state index in [1.165, 1.54) is 23.6 Å². The molecule has 4 amide bonds. The van der Waals surface area contributed by atoms with Gasteiger partial charge in [0.05, 0.1) is 22.9 Å². The zero-order chi connectivity index (χ0) is 29.6. The van der Waals surface area contributed by atoms with Crippen molar-refractivity contribution in [2.75, 3.05) is 24.5 Å². The Labute approximate surface area is 230 Å². The molecule has 0 spiro atoms. The molecular weight excluding hydrogens is 533 g/mol. The lowest BCUT2D eigenvalue weighted by molar-refractivity contribution is -0.138. The van der Waals surface area contributed by atoms with Crippen LogP contribution in [0.1, 0.15) is 75.7 Å². The topological polar surface area (TPSA) is 119 Å². The number of anilines is 1. The molecule has 1 aliphatic carbocycles. The average Bonchev–Trinajstić information content (AvgIpc) is 3.67. The Morgan fingerprint density at radius 2 is 1.88 bits per heavy atom. The average molecular weight is 569 g/mol. The predicted molar refractivity (Wildman–Crippen MR) is 138 cm³/mol. The number of halogens is 3. The highest BCUT2D eigenvalue weighted by atomic mass is 19.4. The summed E-state index contributed by atoms with van der Waals surface area (Å²) in [6, 6.07) is 0.682. The molecule has 1 aromatic carbocycles. The normalized spacial score (nSPS) is 20.6. The third-order valence-corrected chi connectivity index (χ3v) is 7.41. The van der Waals surface area contributed by atoms with Gasteiger partial charge in [-0.15, -0.1) is 0 Å². The Morgan fingerprint density at radius 1 is 1.20 bits per heavy atom. The minimum atomic E-state index is -4.92. The van der Waals surface area contributed by atoms with Gasteiger partial charge in [0, 0.05) is 38.1 Å². The molecule has 0 bridgehead atoms. The third-order valence-electron chi connectivity index (χ3n) is 7.41. The minimum Gasteiger partial charge on any atom is -0.476 e. The SMILES string of the molecule is CC(C)N(C(=O)c1cc2c(cc1C(F)(F)F)OC(C)(C)C(=O)N2CCC(=O)NC1CC1)[C@@H]1CCCN(C(=O)O)C1. The molecule has 220 valence electrons. The van der Waals surface area contributed by atoms with Gasteiger partial charge >= 0.3 is 12.3 Å². The van der Waals surface area contributed by atoms with Crippen molar-refractivity contribution >= 4 is 29.5 Å². The lowest BCUT2D eigenvalue weighted by atomic mass is 9.96. The number of nitrogens with one attached hydrogen (secondary N) is 1. The van der Waals surface area contributed by atoms with Crippen LogP contribution in [0.2, 0.25) is 0 Å². The van der Waals surface area contributed by atoms with E-state index in [9.17, 15) is 37.5 Å². The van der Waals surface area contributed by atoms with Crippen LogP contribution in [0.4, 0.5) is 23.7 Å². The maximum absolute atomic E-state index is 14.4. The molecule has 2 fully saturated rings. The van der Waals surface area contributed by atoms with Gasteiger partial charge in [-0.05, 0) is 65.5 Å². The Balaban J connectivity index is 1.75. The molecule has 0 unspecified atom stereocenters. The summed E-state index contributed by atoms with van der Waals surface area (Å²) in [5.41, 5.74) is -3.42. The molecule has 0 radical (unpaired) electrons. The monoisotopic (exact) mass is 568 g/mol. The van der Waals surface area contributed by atoms with Crippen molar-refractivity contribution in [1.82, 2.24) is 15.1 Å². The zero-order valence-corrected chi connectivity index (χ0v) is 23.0. The zero-order valence-electron chi connectivity index (χ0n) is 23.0. The van der Waals surface area contributed by atoms with Gasteiger partial charge in [0.25, 0.3) is 11.8 Å². The first kappa shape index (κ1) is 29.5. The summed E-state index contributed by atoms with van der Waals surface area (Å²) in [7, 11) is 0. The van der Waals surface area contributed by atoms with Crippen molar-refractivity contribution < 1.29 is 42.2 Å². The van der Waals surface area contributed by atoms with Crippen molar-refractivity contribution in [3.8, 4) is 5.75 Å².